The lowest BCUT2D eigenvalue weighted by molar-refractivity contribution is 0.519. The van der Waals surface area contributed by atoms with Crippen LogP contribution in [0.1, 0.15) is 24.1 Å². The standard InChI is InChI=1S/C23H24ClN9/c24-18-10-28-23(32-20(18)17-9-27-21-15(17)4-1-6-26-21)31-14-3-2-8-33(12-14)22-16-5-7-25-11-19(16)29-13-30-22/h1,4,6,9-10,13-14,25H,2-3,5,7-8,11-12H2,(H,26,27)(H,28,31,32)/t14-/m1/s1. The van der Waals surface area contributed by atoms with Crippen LogP contribution < -0.4 is 15.5 Å². The van der Waals surface area contributed by atoms with Gasteiger partial charge in [0.25, 0.3) is 0 Å². The molecule has 6 rings (SSSR count). The van der Waals surface area contributed by atoms with Crippen molar-refractivity contribution in [1.82, 2.24) is 35.2 Å². The second kappa shape index (κ2) is 8.57. The van der Waals surface area contributed by atoms with Gasteiger partial charge in [0.05, 0.1) is 22.6 Å². The average molecular weight is 462 g/mol. The van der Waals surface area contributed by atoms with Gasteiger partial charge in [-0.05, 0) is 37.9 Å². The number of pyridine rings is 1. The zero-order valence-corrected chi connectivity index (χ0v) is 18.8. The van der Waals surface area contributed by atoms with Crippen molar-refractivity contribution < 1.29 is 0 Å². The normalized spacial score (nSPS) is 18.3. The summed E-state index contributed by atoms with van der Waals surface area (Å²) < 4.78 is 0. The summed E-state index contributed by atoms with van der Waals surface area (Å²) in [6.07, 6.45) is 10.1. The van der Waals surface area contributed by atoms with Crippen LogP contribution in [0.4, 0.5) is 11.8 Å². The maximum absolute atomic E-state index is 6.49. The fourth-order valence-corrected chi connectivity index (χ4v) is 4.98. The molecule has 3 N–H and O–H groups in total. The maximum Gasteiger partial charge on any atom is 0.223 e. The van der Waals surface area contributed by atoms with Crippen molar-refractivity contribution in [2.24, 2.45) is 0 Å². The highest BCUT2D eigenvalue weighted by atomic mass is 35.5. The fraction of sp³-hybridized carbons (Fsp3) is 0.348. The van der Waals surface area contributed by atoms with E-state index in [0.29, 0.717) is 16.7 Å². The fourth-order valence-electron chi connectivity index (χ4n) is 4.79. The minimum absolute atomic E-state index is 0.213. The number of hydrogen-bond acceptors (Lipinski definition) is 8. The van der Waals surface area contributed by atoms with E-state index in [1.165, 1.54) is 5.56 Å². The molecule has 0 bridgehead atoms. The largest absolute Gasteiger partial charge is 0.354 e. The molecule has 0 saturated carbocycles. The van der Waals surface area contributed by atoms with Crippen LogP contribution >= 0.6 is 11.6 Å². The summed E-state index contributed by atoms with van der Waals surface area (Å²) in [7, 11) is 0. The molecule has 0 aromatic carbocycles. The third kappa shape index (κ3) is 3.87. The summed E-state index contributed by atoms with van der Waals surface area (Å²) >= 11 is 6.49. The second-order valence-electron chi connectivity index (χ2n) is 8.47. The number of hydrogen-bond donors (Lipinski definition) is 3. The van der Waals surface area contributed by atoms with Gasteiger partial charge in [-0.2, -0.15) is 0 Å². The number of piperidine rings is 1. The quantitative estimate of drug-likeness (QED) is 0.425. The lowest BCUT2D eigenvalue weighted by atomic mass is 10.0. The number of nitrogens with zero attached hydrogens (tertiary/aromatic N) is 6. The minimum Gasteiger partial charge on any atom is -0.354 e. The third-order valence-electron chi connectivity index (χ3n) is 6.36. The Morgan fingerprint density at radius 2 is 2.15 bits per heavy atom. The highest BCUT2D eigenvalue weighted by Gasteiger charge is 2.26. The number of halogens is 1. The van der Waals surface area contributed by atoms with Crippen LogP contribution in [-0.4, -0.2) is 55.6 Å². The Hall–Kier alpha value is -3.30. The molecule has 6 heterocycles. The molecule has 0 aliphatic carbocycles. The highest BCUT2D eigenvalue weighted by molar-refractivity contribution is 6.33. The van der Waals surface area contributed by atoms with Crippen LogP contribution in [-0.2, 0) is 13.0 Å². The minimum atomic E-state index is 0.213. The van der Waals surface area contributed by atoms with Gasteiger partial charge in [0.15, 0.2) is 0 Å². The molecule has 4 aromatic rings. The Morgan fingerprint density at radius 3 is 3.12 bits per heavy atom. The Bertz CT molecular complexity index is 1300. The summed E-state index contributed by atoms with van der Waals surface area (Å²) in [5.41, 5.74) is 4.80. The third-order valence-corrected chi connectivity index (χ3v) is 6.64. The summed E-state index contributed by atoms with van der Waals surface area (Å²) in [4.78, 5) is 28.3. The Labute approximate surface area is 196 Å². The lowest BCUT2D eigenvalue weighted by Gasteiger charge is -2.35. The van der Waals surface area contributed by atoms with Gasteiger partial charge in [-0.3, -0.25) is 0 Å². The molecule has 1 atom stereocenters. The molecule has 1 saturated heterocycles. The summed E-state index contributed by atoms with van der Waals surface area (Å²) in [6.45, 7) is 3.61. The maximum atomic E-state index is 6.49. The van der Waals surface area contributed by atoms with Crippen LogP contribution in [0.5, 0.6) is 0 Å². The van der Waals surface area contributed by atoms with Crippen LogP contribution in [0.25, 0.3) is 22.3 Å². The first-order valence-electron chi connectivity index (χ1n) is 11.3. The number of anilines is 2. The first-order chi connectivity index (χ1) is 16.3. The molecule has 0 unspecified atom stereocenters. The number of rotatable bonds is 4. The number of H-pyrrole nitrogens is 1. The van der Waals surface area contributed by atoms with E-state index in [1.807, 2.05) is 18.3 Å². The molecule has 33 heavy (non-hydrogen) atoms. The first-order valence-corrected chi connectivity index (χ1v) is 11.6. The number of aromatic amines is 1. The smallest absolute Gasteiger partial charge is 0.223 e. The Morgan fingerprint density at radius 1 is 1.18 bits per heavy atom. The molecule has 10 heteroatoms. The van der Waals surface area contributed by atoms with Crippen molar-refractivity contribution in [1.29, 1.82) is 0 Å². The van der Waals surface area contributed by atoms with Crippen molar-refractivity contribution in [3.8, 4) is 11.3 Å². The van der Waals surface area contributed by atoms with Crippen molar-refractivity contribution in [2.45, 2.75) is 31.8 Å². The summed E-state index contributed by atoms with van der Waals surface area (Å²) in [5.74, 6) is 1.64. The predicted molar refractivity (Wildman–Crippen MR) is 128 cm³/mol. The van der Waals surface area contributed by atoms with Gasteiger partial charge >= 0.3 is 0 Å². The van der Waals surface area contributed by atoms with Gasteiger partial charge in [-0.15, -0.1) is 0 Å². The molecular formula is C23H24ClN9. The number of nitrogens with one attached hydrogen (secondary N) is 3. The van der Waals surface area contributed by atoms with E-state index in [2.05, 4.69) is 40.5 Å². The molecule has 9 nitrogen and oxygen atoms in total. The highest BCUT2D eigenvalue weighted by Crippen LogP contribution is 2.32. The van der Waals surface area contributed by atoms with Gasteiger partial charge in [-0.1, -0.05) is 11.6 Å². The molecule has 4 aromatic heterocycles. The number of aromatic nitrogens is 6. The molecule has 0 spiro atoms. The molecule has 1 fully saturated rings. The number of fused-ring (bicyclic) bond motifs is 2. The Kier molecular flexibility index (Phi) is 5.27. The SMILES string of the molecule is Clc1cnc(N[C@@H]2CCCN(c3ncnc4c3CCNC4)C2)nc1-c1c[nH]c2ncccc12. The van der Waals surface area contributed by atoms with Crippen LogP contribution in [0.3, 0.4) is 0 Å². The van der Waals surface area contributed by atoms with Crippen molar-refractivity contribution in [3.63, 3.8) is 0 Å². The van der Waals surface area contributed by atoms with Gasteiger partial charge in [0.2, 0.25) is 5.95 Å². The zero-order chi connectivity index (χ0) is 22.2. The molecule has 2 aliphatic heterocycles. The van der Waals surface area contributed by atoms with Crippen LogP contribution in [0, 0.1) is 0 Å². The van der Waals surface area contributed by atoms with E-state index in [9.17, 15) is 0 Å². The molecule has 0 radical (unpaired) electrons. The monoisotopic (exact) mass is 461 g/mol. The first kappa shape index (κ1) is 20.3. The molecule has 0 amide bonds. The average Bonchev–Trinajstić information content (AvgIpc) is 3.29. The van der Waals surface area contributed by atoms with Gasteiger partial charge in [0, 0.05) is 54.6 Å². The van der Waals surface area contributed by atoms with E-state index in [0.717, 1.165) is 73.6 Å². The van der Waals surface area contributed by atoms with E-state index in [4.69, 9.17) is 16.6 Å². The van der Waals surface area contributed by atoms with E-state index in [1.54, 1.807) is 18.7 Å². The van der Waals surface area contributed by atoms with E-state index < -0.39 is 0 Å². The van der Waals surface area contributed by atoms with Crippen molar-refractivity contribution in [3.05, 3.63) is 53.3 Å². The topological polar surface area (TPSA) is 108 Å². The Balaban J connectivity index is 1.24. The molecule has 2 aliphatic rings. The second-order valence-corrected chi connectivity index (χ2v) is 8.88. The predicted octanol–water partition coefficient (Wildman–Crippen LogP) is 3.19. The summed E-state index contributed by atoms with van der Waals surface area (Å²) in [5, 5.41) is 8.42. The van der Waals surface area contributed by atoms with Crippen LogP contribution in [0.15, 0.2) is 37.1 Å². The van der Waals surface area contributed by atoms with E-state index >= 15 is 0 Å². The summed E-state index contributed by atoms with van der Waals surface area (Å²) in [6, 6.07) is 4.13. The van der Waals surface area contributed by atoms with Gasteiger partial charge in [0.1, 0.15) is 17.8 Å². The van der Waals surface area contributed by atoms with Crippen molar-refractivity contribution in [2.75, 3.05) is 29.9 Å². The molecule has 168 valence electrons. The van der Waals surface area contributed by atoms with Gasteiger partial charge in [-0.25, -0.2) is 24.9 Å². The molecular weight excluding hydrogens is 438 g/mol. The van der Waals surface area contributed by atoms with Gasteiger partial charge < -0.3 is 20.5 Å². The van der Waals surface area contributed by atoms with E-state index in [-0.39, 0.29) is 6.04 Å². The van der Waals surface area contributed by atoms with Crippen LogP contribution in [0.2, 0.25) is 5.02 Å². The lowest BCUT2D eigenvalue weighted by Crippen LogP contribution is -2.43. The zero-order valence-electron chi connectivity index (χ0n) is 18.1. The van der Waals surface area contributed by atoms with Crippen molar-refractivity contribution >= 4 is 34.4 Å².